The lowest BCUT2D eigenvalue weighted by molar-refractivity contribution is 0.291. The van der Waals surface area contributed by atoms with E-state index in [4.69, 9.17) is 0 Å². The molecule has 1 unspecified atom stereocenters. The summed E-state index contributed by atoms with van der Waals surface area (Å²) in [5, 5.41) is 0. The maximum absolute atomic E-state index is 2.34. The van der Waals surface area contributed by atoms with Crippen LogP contribution in [0.1, 0.15) is 142 Å². The minimum atomic E-state index is 0.751. The van der Waals surface area contributed by atoms with Gasteiger partial charge in [0.1, 0.15) is 0 Å². The monoisotopic (exact) mass is 367 g/mol. The van der Waals surface area contributed by atoms with Crippen LogP contribution in [0.15, 0.2) is 0 Å². The summed E-state index contributed by atoms with van der Waals surface area (Å²) >= 11 is 0. The highest BCUT2D eigenvalue weighted by molar-refractivity contribution is 4.59. The Balaban J connectivity index is 3.03. The van der Waals surface area contributed by atoms with Crippen LogP contribution >= 0.6 is 0 Å². The second-order valence-electron chi connectivity index (χ2n) is 8.97. The molecule has 0 fully saturated rings. The van der Waals surface area contributed by atoms with E-state index in [9.17, 15) is 0 Å². The molecule has 0 heterocycles. The van der Waals surface area contributed by atoms with E-state index in [1.165, 1.54) is 128 Å². The van der Waals surface area contributed by atoms with Crippen molar-refractivity contribution < 1.29 is 0 Å². The quantitative estimate of drug-likeness (QED) is 0.183. The standard InChI is InChI=1S/C25H53N/c1-5-6-7-8-9-10-11-12-13-14-15-16-17-18-19-20-21-22-23-24-25(2)26(3)4/h25H,5-24H2,1-4H3. The van der Waals surface area contributed by atoms with E-state index in [-0.39, 0.29) is 0 Å². The average Bonchev–Trinajstić information content (AvgIpc) is 2.63. The Labute approximate surface area is 167 Å². The van der Waals surface area contributed by atoms with Gasteiger partial charge in [-0.05, 0) is 27.4 Å². The van der Waals surface area contributed by atoms with Gasteiger partial charge in [-0.2, -0.15) is 0 Å². The third kappa shape index (κ3) is 20.3. The molecular weight excluding hydrogens is 314 g/mol. The molecule has 0 saturated heterocycles. The first kappa shape index (κ1) is 26.0. The van der Waals surface area contributed by atoms with Crippen LogP contribution in [0, 0.1) is 0 Å². The Morgan fingerprint density at radius 1 is 0.462 bits per heavy atom. The van der Waals surface area contributed by atoms with E-state index >= 15 is 0 Å². The Morgan fingerprint density at radius 2 is 0.731 bits per heavy atom. The lowest BCUT2D eigenvalue weighted by atomic mass is 10.0. The van der Waals surface area contributed by atoms with Crippen LogP contribution in [-0.2, 0) is 0 Å². The fraction of sp³-hybridized carbons (Fsp3) is 1.00. The highest BCUT2D eigenvalue weighted by atomic mass is 15.1. The van der Waals surface area contributed by atoms with Crippen molar-refractivity contribution in [2.45, 2.75) is 148 Å². The Kier molecular flexibility index (Phi) is 21.2. The molecule has 0 aliphatic rings. The number of hydrogen-bond acceptors (Lipinski definition) is 1. The number of hydrogen-bond donors (Lipinski definition) is 0. The van der Waals surface area contributed by atoms with E-state index in [1.54, 1.807) is 0 Å². The van der Waals surface area contributed by atoms with Gasteiger partial charge in [-0.15, -0.1) is 0 Å². The second-order valence-corrected chi connectivity index (χ2v) is 8.97. The molecule has 1 atom stereocenters. The molecule has 0 aromatic rings. The SMILES string of the molecule is CCCCCCCCCCCCCCCCCCCCCC(C)N(C)C. The summed E-state index contributed by atoms with van der Waals surface area (Å²) in [7, 11) is 4.39. The van der Waals surface area contributed by atoms with Gasteiger partial charge in [0.15, 0.2) is 0 Å². The fourth-order valence-corrected chi connectivity index (χ4v) is 3.78. The molecule has 158 valence electrons. The summed E-state index contributed by atoms with van der Waals surface area (Å²) in [6.45, 7) is 4.64. The van der Waals surface area contributed by atoms with Gasteiger partial charge in [0.25, 0.3) is 0 Å². The van der Waals surface area contributed by atoms with Crippen LogP contribution < -0.4 is 0 Å². The summed E-state index contributed by atoms with van der Waals surface area (Å²) in [5.41, 5.74) is 0. The molecule has 1 nitrogen and oxygen atoms in total. The van der Waals surface area contributed by atoms with Gasteiger partial charge in [0, 0.05) is 6.04 Å². The molecule has 0 saturated carbocycles. The van der Waals surface area contributed by atoms with Crippen molar-refractivity contribution in [1.29, 1.82) is 0 Å². The summed E-state index contributed by atoms with van der Waals surface area (Å²) in [4.78, 5) is 2.34. The topological polar surface area (TPSA) is 3.24 Å². The summed E-state index contributed by atoms with van der Waals surface area (Å²) < 4.78 is 0. The fourth-order valence-electron chi connectivity index (χ4n) is 3.78. The molecule has 0 N–H and O–H groups in total. The van der Waals surface area contributed by atoms with Gasteiger partial charge >= 0.3 is 0 Å². The Bertz CT molecular complexity index is 249. The summed E-state index contributed by atoms with van der Waals surface area (Å²) in [5.74, 6) is 0. The average molecular weight is 368 g/mol. The number of nitrogens with zero attached hydrogens (tertiary/aromatic N) is 1. The zero-order chi connectivity index (χ0) is 19.3. The van der Waals surface area contributed by atoms with Gasteiger partial charge in [0.05, 0.1) is 0 Å². The highest BCUT2D eigenvalue weighted by Crippen LogP contribution is 2.15. The molecule has 0 rings (SSSR count). The molecule has 0 amide bonds. The van der Waals surface area contributed by atoms with Crippen LogP contribution in [0.25, 0.3) is 0 Å². The smallest absolute Gasteiger partial charge is 0.00608 e. The van der Waals surface area contributed by atoms with Crippen LogP contribution in [0.4, 0.5) is 0 Å². The third-order valence-electron chi connectivity index (χ3n) is 6.11. The summed E-state index contributed by atoms with van der Waals surface area (Å²) in [6, 6.07) is 0.751. The van der Waals surface area contributed by atoms with Crippen LogP contribution in [0.3, 0.4) is 0 Å². The van der Waals surface area contributed by atoms with Crippen molar-refractivity contribution in [1.82, 2.24) is 4.90 Å². The van der Waals surface area contributed by atoms with Crippen LogP contribution in [0.2, 0.25) is 0 Å². The minimum absolute atomic E-state index is 0.751. The Hall–Kier alpha value is -0.0400. The molecular formula is C25H53N. The molecule has 0 bridgehead atoms. The van der Waals surface area contributed by atoms with Crippen molar-refractivity contribution in [2.24, 2.45) is 0 Å². The molecule has 0 aliphatic carbocycles. The van der Waals surface area contributed by atoms with Gasteiger partial charge < -0.3 is 4.90 Å². The maximum atomic E-state index is 2.34. The van der Waals surface area contributed by atoms with Gasteiger partial charge in [-0.3, -0.25) is 0 Å². The van der Waals surface area contributed by atoms with Crippen molar-refractivity contribution in [3.05, 3.63) is 0 Å². The molecule has 26 heavy (non-hydrogen) atoms. The van der Waals surface area contributed by atoms with Crippen LogP contribution in [0.5, 0.6) is 0 Å². The van der Waals surface area contributed by atoms with Crippen molar-refractivity contribution in [3.8, 4) is 0 Å². The van der Waals surface area contributed by atoms with E-state index in [0.717, 1.165) is 6.04 Å². The first-order chi connectivity index (χ1) is 12.7. The molecule has 0 aromatic carbocycles. The van der Waals surface area contributed by atoms with Gasteiger partial charge in [-0.1, -0.05) is 129 Å². The number of rotatable bonds is 21. The molecule has 0 spiro atoms. The third-order valence-corrected chi connectivity index (χ3v) is 6.11. The van der Waals surface area contributed by atoms with E-state index in [0.29, 0.717) is 0 Å². The summed E-state index contributed by atoms with van der Waals surface area (Å²) in [6.07, 6.45) is 29.2. The second kappa shape index (κ2) is 21.3. The van der Waals surface area contributed by atoms with Gasteiger partial charge in [0.2, 0.25) is 0 Å². The van der Waals surface area contributed by atoms with Crippen molar-refractivity contribution >= 4 is 0 Å². The largest absolute Gasteiger partial charge is 0.307 e. The number of unbranched alkanes of at least 4 members (excludes halogenated alkanes) is 18. The normalized spacial score (nSPS) is 12.8. The zero-order valence-electron chi connectivity index (χ0n) is 19.2. The Morgan fingerprint density at radius 3 is 1.00 bits per heavy atom. The van der Waals surface area contributed by atoms with Crippen LogP contribution in [-0.4, -0.2) is 25.0 Å². The lowest BCUT2D eigenvalue weighted by Crippen LogP contribution is -2.24. The van der Waals surface area contributed by atoms with Crippen molar-refractivity contribution in [3.63, 3.8) is 0 Å². The van der Waals surface area contributed by atoms with E-state index in [1.807, 2.05) is 0 Å². The first-order valence-corrected chi connectivity index (χ1v) is 12.3. The van der Waals surface area contributed by atoms with Crippen molar-refractivity contribution in [2.75, 3.05) is 14.1 Å². The predicted molar refractivity (Wildman–Crippen MR) is 121 cm³/mol. The minimum Gasteiger partial charge on any atom is -0.307 e. The van der Waals surface area contributed by atoms with Gasteiger partial charge in [-0.25, -0.2) is 0 Å². The van der Waals surface area contributed by atoms with E-state index < -0.39 is 0 Å². The molecule has 0 aliphatic heterocycles. The highest BCUT2D eigenvalue weighted by Gasteiger charge is 2.03. The predicted octanol–water partition coefficient (Wildman–Crippen LogP) is 8.76. The lowest BCUT2D eigenvalue weighted by Gasteiger charge is -2.19. The molecule has 0 aromatic heterocycles. The maximum Gasteiger partial charge on any atom is 0.00608 e. The first-order valence-electron chi connectivity index (χ1n) is 12.3. The zero-order valence-corrected chi connectivity index (χ0v) is 19.2. The molecule has 0 radical (unpaired) electrons. The van der Waals surface area contributed by atoms with E-state index in [2.05, 4.69) is 32.8 Å². The molecule has 1 heteroatoms.